The van der Waals surface area contributed by atoms with Crippen LogP contribution in [0.2, 0.25) is 0 Å². The third-order valence-electron chi connectivity index (χ3n) is 4.15. The zero-order valence-electron chi connectivity index (χ0n) is 13.9. The molecule has 0 spiro atoms. The van der Waals surface area contributed by atoms with Gasteiger partial charge in [0.05, 0.1) is 33.0 Å². The number of methoxy groups -OCH3 is 2. The van der Waals surface area contributed by atoms with Gasteiger partial charge in [0.1, 0.15) is 11.4 Å². The number of carbonyl (C=O) groups excluding carboxylic acids is 2. The first-order valence-electron chi connectivity index (χ1n) is 7.58. The van der Waals surface area contributed by atoms with E-state index in [9.17, 15) is 18.0 Å². The molecule has 10 heteroatoms. The van der Waals surface area contributed by atoms with Crippen molar-refractivity contribution in [3.63, 3.8) is 0 Å². The molecular weight excluding hydrogens is 352 g/mol. The third kappa shape index (κ3) is 2.91. The molecule has 3 rings (SSSR count). The lowest BCUT2D eigenvalue weighted by Crippen LogP contribution is -2.47. The van der Waals surface area contributed by atoms with E-state index in [2.05, 4.69) is 0 Å². The van der Waals surface area contributed by atoms with Crippen molar-refractivity contribution in [3.8, 4) is 11.5 Å². The fourth-order valence-electron chi connectivity index (χ4n) is 2.80. The van der Waals surface area contributed by atoms with Gasteiger partial charge in [0.25, 0.3) is 15.9 Å². The Morgan fingerprint density at radius 1 is 1.16 bits per heavy atom. The summed E-state index contributed by atoms with van der Waals surface area (Å²) in [4.78, 5) is 26.2. The minimum Gasteiger partial charge on any atom is -0.493 e. The van der Waals surface area contributed by atoms with Crippen LogP contribution in [-0.4, -0.2) is 76.5 Å². The van der Waals surface area contributed by atoms with E-state index in [4.69, 9.17) is 14.2 Å². The first-order chi connectivity index (χ1) is 11.9. The van der Waals surface area contributed by atoms with E-state index in [1.165, 1.54) is 31.3 Å². The normalized spacial score (nSPS) is 18.9. The van der Waals surface area contributed by atoms with Crippen molar-refractivity contribution in [1.82, 2.24) is 9.21 Å². The predicted molar refractivity (Wildman–Crippen MR) is 85.2 cm³/mol. The zero-order chi connectivity index (χ0) is 18.2. The van der Waals surface area contributed by atoms with E-state index in [1.807, 2.05) is 0 Å². The topological polar surface area (TPSA) is 102 Å². The van der Waals surface area contributed by atoms with Crippen LogP contribution in [0.5, 0.6) is 11.5 Å². The lowest BCUT2D eigenvalue weighted by atomic mass is 10.2. The minimum absolute atomic E-state index is 0.0348. The molecule has 2 heterocycles. The molecule has 1 aromatic rings. The molecule has 2 aliphatic heterocycles. The molecule has 0 unspecified atom stereocenters. The summed E-state index contributed by atoms with van der Waals surface area (Å²) in [6.45, 7) is 0.980. The van der Waals surface area contributed by atoms with Gasteiger partial charge < -0.3 is 19.1 Å². The summed E-state index contributed by atoms with van der Waals surface area (Å²) in [6.07, 6.45) is 0. The number of benzene rings is 1. The third-order valence-corrected chi connectivity index (χ3v) is 5.92. The van der Waals surface area contributed by atoms with Crippen LogP contribution in [-0.2, 0) is 19.6 Å². The second-order valence-electron chi connectivity index (χ2n) is 5.51. The smallest absolute Gasteiger partial charge is 0.269 e. The number of carbonyl (C=O) groups is 2. The molecule has 0 saturated carbocycles. The molecule has 0 N–H and O–H groups in total. The van der Waals surface area contributed by atoms with Crippen LogP contribution in [0, 0.1) is 0 Å². The van der Waals surface area contributed by atoms with Gasteiger partial charge in [0.2, 0.25) is 5.91 Å². The maximum atomic E-state index is 12.7. The first-order valence-corrected chi connectivity index (χ1v) is 9.02. The van der Waals surface area contributed by atoms with Crippen LogP contribution >= 0.6 is 0 Å². The molecule has 0 radical (unpaired) electrons. The highest BCUT2D eigenvalue weighted by Crippen LogP contribution is 2.38. The number of rotatable bonds is 4. The maximum Gasteiger partial charge on any atom is 0.269 e. The van der Waals surface area contributed by atoms with Crippen molar-refractivity contribution < 1.29 is 32.2 Å². The Kier molecular flexibility index (Phi) is 4.56. The number of morpholine rings is 1. The van der Waals surface area contributed by atoms with Gasteiger partial charge in [-0.05, 0) is 6.07 Å². The van der Waals surface area contributed by atoms with Crippen LogP contribution in [0.4, 0.5) is 0 Å². The van der Waals surface area contributed by atoms with Crippen molar-refractivity contribution in [2.24, 2.45) is 0 Å². The average molecular weight is 370 g/mol. The van der Waals surface area contributed by atoms with Gasteiger partial charge in [-0.25, -0.2) is 12.7 Å². The number of nitrogens with zero attached hydrogens (tertiary/aromatic N) is 2. The first kappa shape index (κ1) is 17.5. The molecule has 2 amide bonds. The molecule has 0 aromatic heterocycles. The fraction of sp³-hybridized carbons (Fsp3) is 0.467. The molecular formula is C15H18N2O7S. The quantitative estimate of drug-likeness (QED) is 0.717. The molecule has 9 nitrogen and oxygen atoms in total. The minimum atomic E-state index is -4.12. The maximum absolute atomic E-state index is 12.7. The highest BCUT2D eigenvalue weighted by atomic mass is 32.2. The number of hydrogen-bond acceptors (Lipinski definition) is 7. The molecule has 0 aliphatic carbocycles. The van der Waals surface area contributed by atoms with E-state index in [0.29, 0.717) is 30.6 Å². The van der Waals surface area contributed by atoms with Crippen LogP contribution in [0.25, 0.3) is 0 Å². The van der Waals surface area contributed by atoms with Crippen molar-refractivity contribution in [2.75, 3.05) is 47.1 Å². The summed E-state index contributed by atoms with van der Waals surface area (Å²) < 4.78 is 41.3. The van der Waals surface area contributed by atoms with Gasteiger partial charge in [0.15, 0.2) is 11.5 Å². The van der Waals surface area contributed by atoms with E-state index < -0.39 is 28.4 Å². The summed E-state index contributed by atoms with van der Waals surface area (Å²) in [6, 6.07) is 2.55. The summed E-state index contributed by atoms with van der Waals surface area (Å²) in [7, 11) is -1.36. The highest BCUT2D eigenvalue weighted by molar-refractivity contribution is 7.90. The van der Waals surface area contributed by atoms with Crippen molar-refractivity contribution in [2.45, 2.75) is 4.90 Å². The monoisotopic (exact) mass is 370 g/mol. The Hall–Kier alpha value is -2.33. The molecule has 1 saturated heterocycles. The lowest BCUT2D eigenvalue weighted by Gasteiger charge is -2.28. The summed E-state index contributed by atoms with van der Waals surface area (Å²) in [5, 5.41) is 0. The standard InChI is InChI=1S/C15H18N2O7S/c1-22-11-7-10-13(8-12(11)23-2)25(20,21)17(15(10)19)9-14(18)16-3-5-24-6-4-16/h7-8H,3-6,9H2,1-2H3. The number of amides is 2. The van der Waals surface area contributed by atoms with E-state index in [0.717, 1.165) is 0 Å². The zero-order valence-corrected chi connectivity index (χ0v) is 14.7. The predicted octanol–water partition coefficient (Wildman–Crippen LogP) is -0.293. The Bertz CT molecular complexity index is 815. The number of sulfonamides is 1. The molecule has 136 valence electrons. The highest BCUT2D eigenvalue weighted by Gasteiger charge is 2.43. The van der Waals surface area contributed by atoms with E-state index >= 15 is 0 Å². The lowest BCUT2D eigenvalue weighted by molar-refractivity contribution is -0.135. The molecule has 25 heavy (non-hydrogen) atoms. The van der Waals surface area contributed by atoms with Gasteiger partial charge in [-0.15, -0.1) is 0 Å². The molecule has 1 aromatic carbocycles. The Morgan fingerprint density at radius 3 is 2.36 bits per heavy atom. The molecule has 0 atom stereocenters. The van der Waals surface area contributed by atoms with Gasteiger partial charge in [-0.1, -0.05) is 0 Å². The average Bonchev–Trinajstić information content (AvgIpc) is 2.81. The van der Waals surface area contributed by atoms with Crippen LogP contribution in [0.3, 0.4) is 0 Å². The number of hydrogen-bond donors (Lipinski definition) is 0. The Morgan fingerprint density at radius 2 is 1.76 bits per heavy atom. The van der Waals surface area contributed by atoms with Crippen molar-refractivity contribution in [3.05, 3.63) is 17.7 Å². The second-order valence-corrected chi connectivity index (χ2v) is 7.34. The largest absolute Gasteiger partial charge is 0.493 e. The summed E-state index contributed by atoms with van der Waals surface area (Å²) in [5.74, 6) is -0.755. The molecule has 1 fully saturated rings. The number of ether oxygens (including phenoxy) is 3. The van der Waals surface area contributed by atoms with Gasteiger partial charge in [0, 0.05) is 19.2 Å². The van der Waals surface area contributed by atoms with E-state index in [1.54, 1.807) is 0 Å². The number of fused-ring (bicyclic) bond motifs is 1. The van der Waals surface area contributed by atoms with Crippen molar-refractivity contribution in [1.29, 1.82) is 0 Å². The Balaban J connectivity index is 1.92. The van der Waals surface area contributed by atoms with Crippen molar-refractivity contribution >= 4 is 21.8 Å². The van der Waals surface area contributed by atoms with Crippen LogP contribution in [0.15, 0.2) is 17.0 Å². The van der Waals surface area contributed by atoms with Crippen LogP contribution < -0.4 is 9.47 Å². The fourth-order valence-corrected chi connectivity index (χ4v) is 4.31. The summed E-state index contributed by atoms with van der Waals surface area (Å²) in [5.41, 5.74) is -0.0348. The van der Waals surface area contributed by atoms with Gasteiger partial charge in [-0.3, -0.25) is 9.59 Å². The molecule has 2 aliphatic rings. The SMILES string of the molecule is COc1cc2c(cc1OC)S(=O)(=O)N(CC(=O)N1CCOCC1)C2=O. The second kappa shape index (κ2) is 6.52. The van der Waals surface area contributed by atoms with Gasteiger partial charge in [-0.2, -0.15) is 0 Å². The van der Waals surface area contributed by atoms with E-state index in [-0.39, 0.29) is 22.0 Å². The van der Waals surface area contributed by atoms with Gasteiger partial charge >= 0.3 is 0 Å². The van der Waals surface area contributed by atoms with Crippen LogP contribution in [0.1, 0.15) is 10.4 Å². The molecule has 0 bridgehead atoms. The summed E-state index contributed by atoms with van der Waals surface area (Å²) >= 11 is 0. The Labute approximate surface area is 145 Å².